The van der Waals surface area contributed by atoms with Crippen LogP contribution in [0.15, 0.2) is 16.6 Å². The number of aliphatic hydroxyl groups is 1. The Morgan fingerprint density at radius 2 is 2.20 bits per heavy atom. The van der Waals surface area contributed by atoms with E-state index in [4.69, 9.17) is 4.74 Å². The fourth-order valence-electron chi connectivity index (χ4n) is 1.56. The minimum atomic E-state index is -0.797. The van der Waals surface area contributed by atoms with Crippen molar-refractivity contribution in [2.24, 2.45) is 0 Å². The van der Waals surface area contributed by atoms with Gasteiger partial charge in [0, 0.05) is 17.1 Å². The summed E-state index contributed by atoms with van der Waals surface area (Å²) in [7, 11) is 1.52. The van der Waals surface area contributed by atoms with Crippen LogP contribution in [0.1, 0.15) is 24.0 Å². The molecule has 1 aliphatic rings. The van der Waals surface area contributed by atoms with Crippen LogP contribution in [-0.4, -0.2) is 12.2 Å². The van der Waals surface area contributed by atoms with Gasteiger partial charge < -0.3 is 9.84 Å². The summed E-state index contributed by atoms with van der Waals surface area (Å²) in [6, 6.07) is 3.16. The highest BCUT2D eigenvalue weighted by molar-refractivity contribution is 9.10. The van der Waals surface area contributed by atoms with Gasteiger partial charge in [0.2, 0.25) is 0 Å². The molecule has 82 valence electrons. The van der Waals surface area contributed by atoms with Gasteiger partial charge in [0.15, 0.2) is 0 Å². The van der Waals surface area contributed by atoms with Crippen LogP contribution in [0, 0.1) is 5.82 Å². The molecule has 0 aliphatic heterocycles. The number of ether oxygens (including phenoxy) is 1. The van der Waals surface area contributed by atoms with Crippen LogP contribution in [0.3, 0.4) is 0 Å². The van der Waals surface area contributed by atoms with Gasteiger partial charge in [-0.05, 0) is 30.5 Å². The summed E-state index contributed by atoms with van der Waals surface area (Å²) in [5, 5.41) is 9.85. The maximum Gasteiger partial charge on any atom is 0.130 e. The van der Waals surface area contributed by atoms with Crippen molar-refractivity contribution in [1.82, 2.24) is 0 Å². The Morgan fingerprint density at radius 1 is 1.53 bits per heavy atom. The SMILES string of the molecule is COCc1c(F)cc(C2(O)CC2)cc1Br. The van der Waals surface area contributed by atoms with Crippen molar-refractivity contribution in [3.63, 3.8) is 0 Å². The molecule has 0 amide bonds. The van der Waals surface area contributed by atoms with Gasteiger partial charge in [0.25, 0.3) is 0 Å². The molecule has 1 saturated carbocycles. The Kier molecular flexibility index (Phi) is 2.83. The third-order valence-electron chi connectivity index (χ3n) is 2.69. The first-order valence-electron chi connectivity index (χ1n) is 4.76. The first kappa shape index (κ1) is 11.0. The maximum atomic E-state index is 13.6. The average molecular weight is 275 g/mol. The molecule has 2 nitrogen and oxygen atoms in total. The number of methoxy groups -OCH3 is 1. The molecule has 1 aliphatic carbocycles. The van der Waals surface area contributed by atoms with Crippen molar-refractivity contribution in [3.8, 4) is 0 Å². The lowest BCUT2D eigenvalue weighted by atomic mass is 10.1. The minimum Gasteiger partial charge on any atom is -0.385 e. The Labute approximate surface area is 96.2 Å². The molecule has 0 radical (unpaired) electrons. The quantitative estimate of drug-likeness (QED) is 0.919. The predicted molar refractivity (Wildman–Crippen MR) is 57.9 cm³/mol. The van der Waals surface area contributed by atoms with E-state index in [1.165, 1.54) is 13.2 Å². The van der Waals surface area contributed by atoms with Crippen molar-refractivity contribution in [2.45, 2.75) is 25.0 Å². The van der Waals surface area contributed by atoms with Crippen LogP contribution in [0.25, 0.3) is 0 Å². The molecule has 0 heterocycles. The van der Waals surface area contributed by atoms with Gasteiger partial charge in [-0.2, -0.15) is 0 Å². The fourth-order valence-corrected chi connectivity index (χ4v) is 2.11. The van der Waals surface area contributed by atoms with E-state index in [0.29, 0.717) is 28.4 Å². The fraction of sp³-hybridized carbons (Fsp3) is 0.455. The van der Waals surface area contributed by atoms with E-state index in [1.54, 1.807) is 6.07 Å². The van der Waals surface area contributed by atoms with E-state index < -0.39 is 5.60 Å². The summed E-state index contributed by atoms with van der Waals surface area (Å²) in [5.41, 5.74) is 0.340. The first-order chi connectivity index (χ1) is 7.07. The van der Waals surface area contributed by atoms with Gasteiger partial charge in [-0.25, -0.2) is 4.39 Å². The molecule has 1 aromatic carbocycles. The van der Waals surface area contributed by atoms with Crippen LogP contribution >= 0.6 is 15.9 Å². The van der Waals surface area contributed by atoms with E-state index in [0.717, 1.165) is 0 Å². The molecular weight excluding hydrogens is 263 g/mol. The van der Waals surface area contributed by atoms with Gasteiger partial charge in [0.05, 0.1) is 12.2 Å². The van der Waals surface area contributed by atoms with Gasteiger partial charge in [0.1, 0.15) is 5.82 Å². The van der Waals surface area contributed by atoms with Crippen LogP contribution in [0.4, 0.5) is 4.39 Å². The van der Waals surface area contributed by atoms with E-state index >= 15 is 0 Å². The van der Waals surface area contributed by atoms with E-state index in [9.17, 15) is 9.50 Å². The summed E-state index contributed by atoms with van der Waals surface area (Å²) in [6.45, 7) is 0.227. The van der Waals surface area contributed by atoms with Crippen LogP contribution in [0.5, 0.6) is 0 Å². The van der Waals surface area contributed by atoms with Crippen molar-refractivity contribution >= 4 is 15.9 Å². The molecule has 1 fully saturated rings. The Morgan fingerprint density at radius 3 is 2.67 bits per heavy atom. The third-order valence-corrected chi connectivity index (χ3v) is 3.40. The molecule has 1 aromatic rings. The summed E-state index contributed by atoms with van der Waals surface area (Å²) in [5.74, 6) is -0.332. The number of hydrogen-bond acceptors (Lipinski definition) is 2. The Hall–Kier alpha value is -0.450. The van der Waals surface area contributed by atoms with Crippen LogP contribution < -0.4 is 0 Å². The molecule has 15 heavy (non-hydrogen) atoms. The zero-order chi connectivity index (χ0) is 11.1. The molecule has 0 saturated heterocycles. The lowest BCUT2D eigenvalue weighted by molar-refractivity contribution is 0.150. The van der Waals surface area contributed by atoms with E-state index in [-0.39, 0.29) is 12.4 Å². The lowest BCUT2D eigenvalue weighted by Gasteiger charge is -2.12. The standard InChI is InChI=1S/C11H12BrFO2/c1-15-6-8-9(12)4-7(5-10(8)13)11(14)2-3-11/h4-5,14H,2-3,6H2,1H3. The smallest absolute Gasteiger partial charge is 0.130 e. The molecule has 0 unspecified atom stereocenters. The highest BCUT2D eigenvalue weighted by atomic mass is 79.9. The van der Waals surface area contributed by atoms with Crippen molar-refractivity contribution < 1.29 is 14.2 Å². The van der Waals surface area contributed by atoms with Crippen molar-refractivity contribution in [3.05, 3.63) is 33.5 Å². The number of rotatable bonds is 3. The second kappa shape index (κ2) is 3.85. The summed E-state index contributed by atoms with van der Waals surface area (Å²) in [6.07, 6.45) is 1.42. The monoisotopic (exact) mass is 274 g/mol. The minimum absolute atomic E-state index is 0.227. The topological polar surface area (TPSA) is 29.5 Å². The van der Waals surface area contributed by atoms with Gasteiger partial charge in [-0.1, -0.05) is 15.9 Å². The number of benzene rings is 1. The molecule has 2 rings (SSSR count). The average Bonchev–Trinajstić information content (AvgIpc) is 2.91. The second-order valence-corrected chi connectivity index (χ2v) is 4.74. The molecule has 0 aromatic heterocycles. The summed E-state index contributed by atoms with van der Waals surface area (Å²) >= 11 is 3.29. The van der Waals surface area contributed by atoms with Crippen LogP contribution in [-0.2, 0) is 16.9 Å². The predicted octanol–water partition coefficient (Wildman–Crippen LogP) is 2.72. The molecular formula is C11H12BrFO2. The summed E-state index contributed by atoms with van der Waals surface area (Å²) < 4.78 is 19.2. The van der Waals surface area contributed by atoms with E-state index in [2.05, 4.69) is 15.9 Å². The molecule has 1 N–H and O–H groups in total. The Balaban J connectivity index is 2.38. The summed E-state index contributed by atoms with van der Waals surface area (Å²) in [4.78, 5) is 0. The highest BCUT2D eigenvalue weighted by Gasteiger charge is 2.42. The highest BCUT2D eigenvalue weighted by Crippen LogP contribution is 2.46. The largest absolute Gasteiger partial charge is 0.385 e. The van der Waals surface area contributed by atoms with Crippen LogP contribution in [0.2, 0.25) is 0 Å². The van der Waals surface area contributed by atoms with Gasteiger partial charge >= 0.3 is 0 Å². The van der Waals surface area contributed by atoms with Crippen molar-refractivity contribution in [1.29, 1.82) is 0 Å². The number of hydrogen-bond donors (Lipinski definition) is 1. The Bertz CT molecular complexity index is 365. The molecule has 0 bridgehead atoms. The second-order valence-electron chi connectivity index (χ2n) is 3.88. The molecule has 4 heteroatoms. The van der Waals surface area contributed by atoms with Gasteiger partial charge in [-0.15, -0.1) is 0 Å². The molecule has 0 spiro atoms. The maximum absolute atomic E-state index is 13.6. The zero-order valence-electron chi connectivity index (χ0n) is 8.39. The lowest BCUT2D eigenvalue weighted by Crippen LogP contribution is -2.06. The zero-order valence-corrected chi connectivity index (χ0v) is 9.97. The van der Waals surface area contributed by atoms with Gasteiger partial charge in [-0.3, -0.25) is 0 Å². The third kappa shape index (κ3) is 2.07. The molecule has 0 atom stereocenters. The number of halogens is 2. The van der Waals surface area contributed by atoms with Crippen molar-refractivity contribution in [2.75, 3.05) is 7.11 Å². The first-order valence-corrected chi connectivity index (χ1v) is 5.56. The van der Waals surface area contributed by atoms with E-state index in [1.807, 2.05) is 0 Å². The normalized spacial score (nSPS) is 17.9.